The summed E-state index contributed by atoms with van der Waals surface area (Å²) >= 11 is 0. The van der Waals surface area contributed by atoms with Crippen LogP contribution in [0.3, 0.4) is 0 Å². The summed E-state index contributed by atoms with van der Waals surface area (Å²) in [5.74, 6) is 0. The quantitative estimate of drug-likeness (QED) is 0.446. The third kappa shape index (κ3) is 2.72. The number of β-amino-alcohol motifs (C(OH)–C–C–N with tert-alkyl or cyclic N) is 2. The summed E-state index contributed by atoms with van der Waals surface area (Å²) in [5, 5.41) is 27.8. The first-order valence-corrected chi connectivity index (χ1v) is 3.57. The van der Waals surface area contributed by atoms with Crippen LogP contribution in [0.5, 0.6) is 0 Å². The Hall–Kier alpha value is -0.200. The van der Waals surface area contributed by atoms with E-state index in [0.717, 1.165) is 0 Å². The van der Waals surface area contributed by atoms with Crippen molar-refractivity contribution < 1.29 is 20.2 Å². The van der Waals surface area contributed by atoms with E-state index in [-0.39, 0.29) is 19.8 Å². The number of aliphatic hydroxyl groups excluding tert-OH is 3. The molecule has 0 bridgehead atoms. The monoisotopic (exact) mass is 163 g/mol. The van der Waals surface area contributed by atoms with Crippen LogP contribution in [0.15, 0.2) is 0 Å². The maximum absolute atomic E-state index is 8.97. The predicted octanol–water partition coefficient (Wildman–Crippen LogP) is -2.05. The molecule has 0 aromatic rings. The van der Waals surface area contributed by atoms with Gasteiger partial charge < -0.3 is 15.3 Å². The van der Waals surface area contributed by atoms with Gasteiger partial charge in [0.2, 0.25) is 0 Å². The van der Waals surface area contributed by atoms with Gasteiger partial charge in [-0.25, -0.2) is 0 Å². The van der Waals surface area contributed by atoms with Crippen LogP contribution in [-0.2, 0) is 4.84 Å². The minimum absolute atomic E-state index is 0.244. The van der Waals surface area contributed by atoms with E-state index in [2.05, 4.69) is 0 Å². The summed E-state index contributed by atoms with van der Waals surface area (Å²) in [6.45, 7) is 0.638. The highest BCUT2D eigenvalue weighted by atomic mass is 16.7. The number of hydroxylamine groups is 2. The second-order valence-corrected chi connectivity index (χ2v) is 2.63. The van der Waals surface area contributed by atoms with Crippen LogP contribution in [0.25, 0.3) is 0 Å². The second kappa shape index (κ2) is 3.99. The third-order valence-corrected chi connectivity index (χ3v) is 1.49. The van der Waals surface area contributed by atoms with Gasteiger partial charge >= 0.3 is 0 Å². The zero-order valence-corrected chi connectivity index (χ0v) is 6.18. The molecule has 0 spiro atoms. The number of hydrogen-bond acceptors (Lipinski definition) is 5. The predicted molar refractivity (Wildman–Crippen MR) is 36.6 cm³/mol. The first-order valence-electron chi connectivity index (χ1n) is 3.57. The topological polar surface area (TPSA) is 73.2 Å². The van der Waals surface area contributed by atoms with Crippen molar-refractivity contribution in [2.75, 3.05) is 26.3 Å². The Morgan fingerprint density at radius 3 is 2.82 bits per heavy atom. The molecule has 0 amide bonds. The van der Waals surface area contributed by atoms with Crippen molar-refractivity contribution in [1.29, 1.82) is 0 Å². The number of nitrogens with zero attached hydrogens (tertiary/aromatic N) is 1. The second-order valence-electron chi connectivity index (χ2n) is 2.63. The normalized spacial score (nSPS) is 29.2. The van der Waals surface area contributed by atoms with Crippen molar-refractivity contribution in [3.8, 4) is 0 Å². The molecule has 1 aliphatic heterocycles. The van der Waals surface area contributed by atoms with Crippen LogP contribution in [0.1, 0.15) is 0 Å². The van der Waals surface area contributed by atoms with Crippen molar-refractivity contribution in [3.63, 3.8) is 0 Å². The fraction of sp³-hybridized carbons (Fsp3) is 1.00. The molecule has 1 rings (SSSR count). The van der Waals surface area contributed by atoms with E-state index in [1.807, 2.05) is 0 Å². The molecule has 0 aliphatic carbocycles. The molecule has 5 heteroatoms. The summed E-state index contributed by atoms with van der Waals surface area (Å²) in [7, 11) is 0. The van der Waals surface area contributed by atoms with Crippen molar-refractivity contribution in [3.05, 3.63) is 0 Å². The lowest BCUT2D eigenvalue weighted by molar-refractivity contribution is -0.132. The lowest BCUT2D eigenvalue weighted by Crippen LogP contribution is -2.32. The van der Waals surface area contributed by atoms with Gasteiger partial charge in [-0.05, 0) is 0 Å². The summed E-state index contributed by atoms with van der Waals surface area (Å²) in [6, 6.07) is 0. The number of rotatable bonds is 3. The fourth-order valence-electron chi connectivity index (χ4n) is 0.952. The summed E-state index contributed by atoms with van der Waals surface area (Å²) in [6.07, 6.45) is -1.26. The van der Waals surface area contributed by atoms with Crippen LogP contribution < -0.4 is 0 Å². The van der Waals surface area contributed by atoms with Gasteiger partial charge in [0.15, 0.2) is 0 Å². The minimum atomic E-state index is -0.791. The molecule has 1 saturated heterocycles. The molecule has 0 radical (unpaired) electrons. The standard InChI is InChI=1S/C6H13NO4/c8-3-5(9)1-7-2-6(10)4-11-7/h5-6,8-10H,1-4H2/t5?,6-/m1/s1. The maximum Gasteiger partial charge on any atom is 0.0958 e. The molecule has 1 aliphatic rings. The Bertz CT molecular complexity index is 121. The van der Waals surface area contributed by atoms with E-state index in [1.165, 1.54) is 5.06 Å². The van der Waals surface area contributed by atoms with Crippen molar-refractivity contribution in [2.45, 2.75) is 12.2 Å². The van der Waals surface area contributed by atoms with Gasteiger partial charge in [0, 0.05) is 0 Å². The molecular weight excluding hydrogens is 150 g/mol. The Labute approximate surface area is 64.8 Å². The molecule has 5 nitrogen and oxygen atoms in total. The zero-order chi connectivity index (χ0) is 8.27. The molecular formula is C6H13NO4. The summed E-state index contributed by atoms with van der Waals surface area (Å²) < 4.78 is 0. The minimum Gasteiger partial charge on any atom is -0.394 e. The van der Waals surface area contributed by atoms with Gasteiger partial charge in [-0.2, -0.15) is 5.06 Å². The van der Waals surface area contributed by atoms with Gasteiger partial charge in [0.25, 0.3) is 0 Å². The molecule has 3 N–H and O–H groups in total. The van der Waals surface area contributed by atoms with Gasteiger partial charge in [-0.15, -0.1) is 0 Å². The highest BCUT2D eigenvalue weighted by molar-refractivity contribution is 4.66. The largest absolute Gasteiger partial charge is 0.394 e. The van der Waals surface area contributed by atoms with Crippen molar-refractivity contribution >= 4 is 0 Å². The molecule has 0 aromatic carbocycles. The van der Waals surface area contributed by atoms with Crippen LogP contribution >= 0.6 is 0 Å². The van der Waals surface area contributed by atoms with Gasteiger partial charge in [-0.1, -0.05) is 0 Å². The molecule has 1 unspecified atom stereocenters. The first-order chi connectivity index (χ1) is 5.22. The highest BCUT2D eigenvalue weighted by Crippen LogP contribution is 2.05. The van der Waals surface area contributed by atoms with E-state index in [0.29, 0.717) is 6.54 Å². The summed E-state index contributed by atoms with van der Waals surface area (Å²) in [5.41, 5.74) is 0. The van der Waals surface area contributed by atoms with Crippen LogP contribution in [-0.4, -0.2) is 58.9 Å². The zero-order valence-electron chi connectivity index (χ0n) is 6.18. The Morgan fingerprint density at radius 2 is 2.36 bits per heavy atom. The fourth-order valence-corrected chi connectivity index (χ4v) is 0.952. The van der Waals surface area contributed by atoms with E-state index in [9.17, 15) is 0 Å². The van der Waals surface area contributed by atoms with Gasteiger partial charge in [0.05, 0.1) is 38.5 Å². The van der Waals surface area contributed by atoms with E-state index < -0.39 is 12.2 Å². The Kier molecular flexibility index (Phi) is 3.22. The third-order valence-electron chi connectivity index (χ3n) is 1.49. The molecule has 66 valence electrons. The average Bonchev–Trinajstić information content (AvgIpc) is 2.35. The van der Waals surface area contributed by atoms with Gasteiger partial charge in [0.1, 0.15) is 0 Å². The number of aliphatic hydroxyl groups is 3. The maximum atomic E-state index is 8.97. The lowest BCUT2D eigenvalue weighted by atomic mass is 10.3. The van der Waals surface area contributed by atoms with Crippen molar-refractivity contribution in [2.24, 2.45) is 0 Å². The average molecular weight is 163 g/mol. The Morgan fingerprint density at radius 1 is 1.64 bits per heavy atom. The molecule has 1 fully saturated rings. The lowest BCUT2D eigenvalue weighted by Gasteiger charge is -2.15. The van der Waals surface area contributed by atoms with Crippen LogP contribution in [0.2, 0.25) is 0 Å². The van der Waals surface area contributed by atoms with E-state index in [4.69, 9.17) is 20.2 Å². The smallest absolute Gasteiger partial charge is 0.0958 e. The SMILES string of the molecule is OCC(O)CN1C[C@@H](O)CO1. The van der Waals surface area contributed by atoms with E-state index >= 15 is 0 Å². The van der Waals surface area contributed by atoms with Crippen LogP contribution in [0.4, 0.5) is 0 Å². The Balaban J connectivity index is 2.17. The number of hydrogen-bond donors (Lipinski definition) is 3. The first kappa shape index (κ1) is 8.89. The van der Waals surface area contributed by atoms with Crippen LogP contribution in [0, 0.1) is 0 Å². The van der Waals surface area contributed by atoms with E-state index in [1.54, 1.807) is 0 Å². The molecule has 0 saturated carbocycles. The van der Waals surface area contributed by atoms with Gasteiger partial charge in [-0.3, -0.25) is 4.84 Å². The molecule has 2 atom stereocenters. The van der Waals surface area contributed by atoms with Crippen molar-refractivity contribution in [1.82, 2.24) is 5.06 Å². The molecule has 1 heterocycles. The summed E-state index contributed by atoms with van der Waals surface area (Å²) in [4.78, 5) is 4.95. The molecule has 0 aromatic heterocycles. The molecule has 11 heavy (non-hydrogen) atoms. The highest BCUT2D eigenvalue weighted by Gasteiger charge is 2.22.